The van der Waals surface area contributed by atoms with E-state index in [1.54, 1.807) is 11.1 Å². The number of nitrogens with one attached hydrogen (secondary N) is 2. The van der Waals surface area contributed by atoms with Crippen molar-refractivity contribution in [1.29, 1.82) is 0 Å². The van der Waals surface area contributed by atoms with Crippen LogP contribution in [-0.2, 0) is 9.59 Å². The topological polar surface area (TPSA) is 61.4 Å². The van der Waals surface area contributed by atoms with Crippen LogP contribution in [0.3, 0.4) is 0 Å². The Hall–Kier alpha value is -1.85. The third-order valence-electron chi connectivity index (χ3n) is 3.95. The second kappa shape index (κ2) is 8.70. The van der Waals surface area contributed by atoms with Crippen molar-refractivity contribution in [3.05, 3.63) is 41.6 Å². The van der Waals surface area contributed by atoms with Gasteiger partial charge in [-0.15, -0.1) is 12.4 Å². The highest BCUT2D eigenvalue weighted by atomic mass is 35.5. The van der Waals surface area contributed by atoms with E-state index in [1.807, 2.05) is 44.3 Å². The molecule has 2 rings (SSSR count). The number of carbonyl (C=O) groups excluding carboxylic acids is 2. The van der Waals surface area contributed by atoms with Gasteiger partial charge in [-0.3, -0.25) is 9.59 Å². The molecule has 1 aromatic rings. The minimum Gasteiger partial charge on any atom is -0.354 e. The second-order valence-corrected chi connectivity index (χ2v) is 5.58. The lowest BCUT2D eigenvalue weighted by molar-refractivity contribution is -0.129. The van der Waals surface area contributed by atoms with Crippen LogP contribution in [0.15, 0.2) is 30.5 Å². The molecule has 0 fully saturated rings. The highest BCUT2D eigenvalue weighted by Crippen LogP contribution is 2.32. The Morgan fingerprint density at radius 1 is 1.30 bits per heavy atom. The van der Waals surface area contributed by atoms with Crippen molar-refractivity contribution in [3.8, 4) is 0 Å². The van der Waals surface area contributed by atoms with Crippen LogP contribution >= 0.6 is 12.4 Å². The summed E-state index contributed by atoms with van der Waals surface area (Å²) in [6, 6.07) is 7.83. The van der Waals surface area contributed by atoms with Crippen molar-refractivity contribution in [3.63, 3.8) is 0 Å². The van der Waals surface area contributed by atoms with E-state index in [-0.39, 0.29) is 42.7 Å². The van der Waals surface area contributed by atoms with Gasteiger partial charge in [0.2, 0.25) is 11.8 Å². The fourth-order valence-corrected chi connectivity index (χ4v) is 2.53. The van der Waals surface area contributed by atoms with Crippen LogP contribution < -0.4 is 10.6 Å². The Balaban J connectivity index is 0.00000264. The molecule has 2 unspecified atom stereocenters. The van der Waals surface area contributed by atoms with Gasteiger partial charge in [-0.05, 0) is 31.2 Å². The normalized spacial score (nSPS) is 17.0. The van der Waals surface area contributed by atoms with Crippen LogP contribution in [0.4, 0.5) is 0 Å². The van der Waals surface area contributed by atoms with Gasteiger partial charge in [0.05, 0.1) is 12.5 Å². The summed E-state index contributed by atoms with van der Waals surface area (Å²) in [4.78, 5) is 25.7. The summed E-state index contributed by atoms with van der Waals surface area (Å²) in [6.07, 6.45) is 3.93. The molecule has 0 saturated carbocycles. The Bertz CT molecular complexity index is 589. The van der Waals surface area contributed by atoms with E-state index in [0.29, 0.717) is 6.54 Å². The van der Waals surface area contributed by atoms with Crippen LogP contribution in [0.5, 0.6) is 0 Å². The SMILES string of the molecule is CNC(C)CNC(=O)CC1c2ccccc2C=CN1C(C)=O.Cl. The molecule has 1 aliphatic rings. The molecule has 2 amide bonds. The Morgan fingerprint density at radius 3 is 2.65 bits per heavy atom. The first-order chi connectivity index (χ1) is 10.5. The molecule has 0 saturated heterocycles. The maximum atomic E-state index is 12.2. The van der Waals surface area contributed by atoms with E-state index in [2.05, 4.69) is 10.6 Å². The maximum absolute atomic E-state index is 12.2. The van der Waals surface area contributed by atoms with Gasteiger partial charge in [0.25, 0.3) is 0 Å². The van der Waals surface area contributed by atoms with E-state index in [4.69, 9.17) is 0 Å². The summed E-state index contributed by atoms with van der Waals surface area (Å²) >= 11 is 0. The molecule has 5 nitrogen and oxygen atoms in total. The van der Waals surface area contributed by atoms with E-state index >= 15 is 0 Å². The molecule has 6 heteroatoms. The number of amides is 2. The lowest BCUT2D eigenvalue weighted by Gasteiger charge is -2.32. The largest absolute Gasteiger partial charge is 0.354 e. The van der Waals surface area contributed by atoms with Crippen LogP contribution in [-0.4, -0.2) is 36.3 Å². The van der Waals surface area contributed by atoms with Crippen molar-refractivity contribution >= 4 is 30.3 Å². The predicted molar refractivity (Wildman–Crippen MR) is 94.1 cm³/mol. The highest BCUT2D eigenvalue weighted by Gasteiger charge is 2.28. The Morgan fingerprint density at radius 2 is 2.00 bits per heavy atom. The first-order valence-corrected chi connectivity index (χ1v) is 7.53. The summed E-state index contributed by atoms with van der Waals surface area (Å²) in [5.74, 6) is -0.115. The fraction of sp³-hybridized carbons (Fsp3) is 0.412. The van der Waals surface area contributed by atoms with E-state index < -0.39 is 0 Å². The van der Waals surface area contributed by atoms with Crippen molar-refractivity contribution < 1.29 is 9.59 Å². The van der Waals surface area contributed by atoms with Crippen LogP contribution in [0.1, 0.15) is 37.4 Å². The van der Waals surface area contributed by atoms with Crippen LogP contribution in [0.25, 0.3) is 6.08 Å². The number of rotatable bonds is 5. The molecular weight excluding hydrogens is 314 g/mol. The maximum Gasteiger partial charge on any atom is 0.223 e. The Kier molecular flexibility index (Phi) is 7.26. The van der Waals surface area contributed by atoms with Crippen LogP contribution in [0.2, 0.25) is 0 Å². The van der Waals surface area contributed by atoms with Gasteiger partial charge >= 0.3 is 0 Å². The zero-order valence-corrected chi connectivity index (χ0v) is 14.5. The molecule has 1 aromatic carbocycles. The monoisotopic (exact) mass is 337 g/mol. The molecule has 2 N–H and O–H groups in total. The molecule has 0 bridgehead atoms. The third-order valence-corrected chi connectivity index (χ3v) is 3.95. The fourth-order valence-electron chi connectivity index (χ4n) is 2.53. The standard InChI is InChI=1S/C17H23N3O2.ClH/c1-12(18-3)11-19-17(22)10-16-15-7-5-4-6-14(15)8-9-20(16)13(2)21;/h4-9,12,16,18H,10-11H2,1-3H3,(H,19,22);1H. The molecule has 1 heterocycles. The second-order valence-electron chi connectivity index (χ2n) is 5.58. The zero-order chi connectivity index (χ0) is 16.1. The smallest absolute Gasteiger partial charge is 0.223 e. The number of carbonyl (C=O) groups is 2. The zero-order valence-electron chi connectivity index (χ0n) is 13.7. The van der Waals surface area contributed by atoms with Gasteiger partial charge in [-0.2, -0.15) is 0 Å². The minimum atomic E-state index is -0.247. The number of halogens is 1. The number of benzene rings is 1. The molecule has 2 atom stereocenters. The molecule has 1 aliphatic heterocycles. The van der Waals surface area contributed by atoms with Gasteiger partial charge in [0.1, 0.15) is 0 Å². The molecule has 0 spiro atoms. The highest BCUT2D eigenvalue weighted by molar-refractivity contribution is 5.85. The van der Waals surface area contributed by atoms with Crippen molar-refractivity contribution in [2.75, 3.05) is 13.6 Å². The van der Waals surface area contributed by atoms with Gasteiger partial charge in [-0.25, -0.2) is 0 Å². The van der Waals surface area contributed by atoms with Gasteiger partial charge in [0.15, 0.2) is 0 Å². The van der Waals surface area contributed by atoms with E-state index in [1.165, 1.54) is 6.92 Å². The molecular formula is C17H24ClN3O2. The third kappa shape index (κ3) is 4.81. The van der Waals surface area contributed by atoms with Crippen molar-refractivity contribution in [2.24, 2.45) is 0 Å². The average Bonchev–Trinajstić information content (AvgIpc) is 2.52. The quantitative estimate of drug-likeness (QED) is 0.865. The number of likely N-dealkylation sites (N-methyl/N-ethyl adjacent to an activating group) is 1. The summed E-state index contributed by atoms with van der Waals surface area (Å²) in [6.45, 7) is 4.09. The number of hydrogen-bond donors (Lipinski definition) is 2. The summed E-state index contributed by atoms with van der Waals surface area (Å²) in [7, 11) is 1.86. The Labute approximate surface area is 143 Å². The molecule has 126 valence electrons. The van der Waals surface area contributed by atoms with Gasteiger partial charge in [0, 0.05) is 25.7 Å². The van der Waals surface area contributed by atoms with Gasteiger partial charge in [-0.1, -0.05) is 24.3 Å². The van der Waals surface area contributed by atoms with E-state index in [9.17, 15) is 9.59 Å². The lowest BCUT2D eigenvalue weighted by Crippen LogP contribution is -2.39. The molecule has 0 aliphatic carbocycles. The van der Waals surface area contributed by atoms with Crippen molar-refractivity contribution in [1.82, 2.24) is 15.5 Å². The molecule has 0 radical (unpaired) electrons. The van der Waals surface area contributed by atoms with Crippen molar-refractivity contribution in [2.45, 2.75) is 32.4 Å². The summed E-state index contributed by atoms with van der Waals surface area (Å²) in [5, 5.41) is 5.98. The number of nitrogens with zero attached hydrogens (tertiary/aromatic N) is 1. The summed E-state index contributed by atoms with van der Waals surface area (Å²) < 4.78 is 0. The van der Waals surface area contributed by atoms with Gasteiger partial charge < -0.3 is 15.5 Å². The minimum absolute atomic E-state index is 0. The predicted octanol–water partition coefficient (Wildman–Crippen LogP) is 2.10. The number of hydrogen-bond acceptors (Lipinski definition) is 3. The lowest BCUT2D eigenvalue weighted by atomic mass is 9.93. The van der Waals surface area contributed by atoms with E-state index in [0.717, 1.165) is 11.1 Å². The van der Waals surface area contributed by atoms with Crippen LogP contribution in [0, 0.1) is 0 Å². The number of fused-ring (bicyclic) bond motifs is 1. The summed E-state index contributed by atoms with van der Waals surface area (Å²) in [5.41, 5.74) is 2.07. The average molecular weight is 338 g/mol. The molecule has 0 aromatic heterocycles. The molecule has 23 heavy (non-hydrogen) atoms. The first kappa shape index (κ1) is 19.2. The first-order valence-electron chi connectivity index (χ1n) is 7.53.